The first-order valence-electron chi connectivity index (χ1n) is 8.01. The number of hydrogen-bond acceptors (Lipinski definition) is 5. The first kappa shape index (κ1) is 18.2. The van der Waals surface area contributed by atoms with Gasteiger partial charge in [-0.05, 0) is 48.5 Å². The molecule has 2 aromatic carbocycles. The van der Waals surface area contributed by atoms with Crippen molar-refractivity contribution in [2.75, 3.05) is 12.8 Å². The molecule has 138 valence electrons. The predicted molar refractivity (Wildman–Crippen MR) is 99.3 cm³/mol. The molecule has 0 radical (unpaired) electrons. The van der Waals surface area contributed by atoms with Gasteiger partial charge in [-0.1, -0.05) is 0 Å². The fraction of sp³-hybridized carbons (Fsp3) is 0.100. The molecule has 3 rings (SSSR count). The van der Waals surface area contributed by atoms with Gasteiger partial charge in [-0.15, -0.1) is 0 Å². The second-order valence-corrected chi connectivity index (χ2v) is 5.86. The Bertz CT molecular complexity index is 1060. The minimum Gasteiger partial charge on any atom is -0.465 e. The first-order valence-corrected chi connectivity index (χ1v) is 8.01. The minimum absolute atomic E-state index is 0.104. The lowest BCUT2D eigenvalue weighted by Crippen LogP contribution is -2.24. The molecule has 0 spiro atoms. The van der Waals surface area contributed by atoms with E-state index in [-0.39, 0.29) is 11.4 Å². The Morgan fingerprint density at radius 2 is 1.81 bits per heavy atom. The molecule has 0 atom stereocenters. The topological polar surface area (TPSA) is 83.5 Å². The molecule has 0 saturated carbocycles. The lowest BCUT2D eigenvalue weighted by Gasteiger charge is -2.14. The van der Waals surface area contributed by atoms with Crippen LogP contribution in [0.15, 0.2) is 59.5 Å². The third-order valence-corrected chi connectivity index (χ3v) is 3.94. The number of pyridine rings is 1. The Kier molecular flexibility index (Phi) is 4.94. The zero-order valence-corrected chi connectivity index (χ0v) is 14.7. The van der Waals surface area contributed by atoms with Crippen molar-refractivity contribution in [2.45, 2.75) is 0 Å². The van der Waals surface area contributed by atoms with Gasteiger partial charge in [-0.3, -0.25) is 4.79 Å². The summed E-state index contributed by atoms with van der Waals surface area (Å²) in [5, 5.41) is 0. The van der Waals surface area contributed by atoms with Crippen LogP contribution >= 0.6 is 0 Å². The number of methoxy groups -OCH3 is 1. The Labute approximate surface area is 154 Å². The number of carbonyl (C=O) groups is 1. The monoisotopic (exact) mass is 368 g/mol. The summed E-state index contributed by atoms with van der Waals surface area (Å²) in [6.45, 7) is 0. The molecular weight excluding hydrogens is 351 g/mol. The van der Waals surface area contributed by atoms with E-state index in [1.54, 1.807) is 24.4 Å². The lowest BCUT2D eigenvalue weighted by molar-refractivity contribution is 0.0598. The summed E-state index contributed by atoms with van der Waals surface area (Å²) >= 11 is 0. The molecule has 1 heterocycles. The van der Waals surface area contributed by atoms with Crippen molar-refractivity contribution in [3.8, 4) is 22.6 Å². The lowest BCUT2D eigenvalue weighted by atomic mass is 10.0. The SMILES string of the molecule is COC(=O)c1cc(-c2cc(N)ccc2Oc2ccc(F)cc2)cn(C)c1=O. The molecule has 0 bridgehead atoms. The minimum atomic E-state index is -0.734. The largest absolute Gasteiger partial charge is 0.465 e. The van der Waals surface area contributed by atoms with Gasteiger partial charge < -0.3 is 19.8 Å². The number of carbonyl (C=O) groups excluding carboxylic acids is 1. The molecule has 0 aliphatic heterocycles. The van der Waals surface area contributed by atoms with Crippen molar-refractivity contribution >= 4 is 11.7 Å². The third kappa shape index (κ3) is 3.82. The van der Waals surface area contributed by atoms with Gasteiger partial charge in [-0.25, -0.2) is 9.18 Å². The van der Waals surface area contributed by atoms with Crippen molar-refractivity contribution < 1.29 is 18.7 Å². The second kappa shape index (κ2) is 7.33. The number of benzene rings is 2. The maximum Gasteiger partial charge on any atom is 0.343 e. The molecule has 0 amide bonds. The van der Waals surface area contributed by atoms with Crippen LogP contribution in [0.3, 0.4) is 0 Å². The van der Waals surface area contributed by atoms with E-state index in [9.17, 15) is 14.0 Å². The average Bonchev–Trinajstić information content (AvgIpc) is 2.66. The highest BCUT2D eigenvalue weighted by molar-refractivity contribution is 5.91. The molecule has 6 nitrogen and oxygen atoms in total. The highest BCUT2D eigenvalue weighted by Crippen LogP contribution is 2.35. The smallest absolute Gasteiger partial charge is 0.343 e. The number of ether oxygens (including phenoxy) is 2. The number of nitrogens with zero attached hydrogens (tertiary/aromatic N) is 1. The molecule has 0 saturated heterocycles. The summed E-state index contributed by atoms with van der Waals surface area (Å²) in [5.74, 6) is -0.242. The molecule has 7 heteroatoms. The van der Waals surface area contributed by atoms with Crippen molar-refractivity contribution in [2.24, 2.45) is 7.05 Å². The number of nitrogens with two attached hydrogens (primary N) is 1. The third-order valence-electron chi connectivity index (χ3n) is 3.94. The number of rotatable bonds is 4. The van der Waals surface area contributed by atoms with E-state index in [4.69, 9.17) is 10.5 Å². The second-order valence-electron chi connectivity index (χ2n) is 5.86. The Hall–Kier alpha value is -3.61. The average molecular weight is 368 g/mol. The highest BCUT2D eigenvalue weighted by atomic mass is 19.1. The van der Waals surface area contributed by atoms with Gasteiger partial charge in [0.05, 0.1) is 7.11 Å². The van der Waals surface area contributed by atoms with E-state index < -0.39 is 11.5 Å². The summed E-state index contributed by atoms with van der Waals surface area (Å²) in [4.78, 5) is 24.1. The summed E-state index contributed by atoms with van der Waals surface area (Å²) in [6.07, 6.45) is 1.57. The normalized spacial score (nSPS) is 10.5. The quantitative estimate of drug-likeness (QED) is 0.564. The van der Waals surface area contributed by atoms with Crippen molar-refractivity contribution in [3.05, 3.63) is 76.5 Å². The number of nitrogen functional groups attached to an aromatic ring is 1. The van der Waals surface area contributed by atoms with Crippen LogP contribution in [0.5, 0.6) is 11.5 Å². The van der Waals surface area contributed by atoms with E-state index >= 15 is 0 Å². The van der Waals surface area contributed by atoms with E-state index in [0.29, 0.717) is 28.3 Å². The molecule has 0 aliphatic rings. The number of anilines is 1. The molecule has 2 N–H and O–H groups in total. The highest BCUT2D eigenvalue weighted by Gasteiger charge is 2.17. The van der Waals surface area contributed by atoms with Crippen LogP contribution < -0.4 is 16.0 Å². The van der Waals surface area contributed by atoms with Crippen LogP contribution in [-0.2, 0) is 11.8 Å². The van der Waals surface area contributed by atoms with Gasteiger partial charge in [0.2, 0.25) is 0 Å². The summed E-state index contributed by atoms with van der Waals surface area (Å²) in [7, 11) is 2.74. The standard InChI is InChI=1S/C20H17FN2O4/c1-23-11-12(9-17(19(23)24)20(25)26-2)16-10-14(22)5-8-18(16)27-15-6-3-13(21)4-7-15/h3-11H,22H2,1-2H3. The predicted octanol–water partition coefficient (Wildman–Crippen LogP) is 3.35. The van der Waals surface area contributed by atoms with Gasteiger partial charge >= 0.3 is 5.97 Å². The number of halogens is 1. The van der Waals surface area contributed by atoms with Gasteiger partial charge in [0.25, 0.3) is 5.56 Å². The van der Waals surface area contributed by atoms with Crippen LogP contribution in [0.1, 0.15) is 10.4 Å². The number of aromatic nitrogens is 1. The van der Waals surface area contributed by atoms with Crippen LogP contribution in [0.4, 0.5) is 10.1 Å². The molecule has 0 unspecified atom stereocenters. The Balaban J connectivity index is 2.12. The zero-order valence-electron chi connectivity index (χ0n) is 14.7. The van der Waals surface area contributed by atoms with Gasteiger partial charge in [-0.2, -0.15) is 0 Å². The van der Waals surface area contributed by atoms with Gasteiger partial charge in [0.1, 0.15) is 22.9 Å². The summed E-state index contributed by atoms with van der Waals surface area (Å²) in [6, 6.07) is 12.0. The van der Waals surface area contributed by atoms with E-state index in [1.165, 1.54) is 49.1 Å². The first-order chi connectivity index (χ1) is 12.9. The van der Waals surface area contributed by atoms with E-state index in [2.05, 4.69) is 4.74 Å². The Morgan fingerprint density at radius 3 is 2.48 bits per heavy atom. The molecule has 1 aromatic heterocycles. The molecule has 27 heavy (non-hydrogen) atoms. The summed E-state index contributed by atoms with van der Waals surface area (Å²) in [5.41, 5.74) is 6.91. The van der Waals surface area contributed by atoms with Crippen LogP contribution in [0, 0.1) is 5.82 Å². The zero-order chi connectivity index (χ0) is 19.6. The number of aryl methyl sites for hydroxylation is 1. The van der Waals surface area contributed by atoms with Crippen LogP contribution in [0.25, 0.3) is 11.1 Å². The summed E-state index contributed by atoms with van der Waals surface area (Å²) < 4.78 is 24.9. The van der Waals surface area contributed by atoms with Crippen molar-refractivity contribution in [3.63, 3.8) is 0 Å². The number of esters is 1. The van der Waals surface area contributed by atoms with Crippen LogP contribution in [-0.4, -0.2) is 17.6 Å². The van der Waals surface area contributed by atoms with E-state index in [0.717, 1.165) is 0 Å². The van der Waals surface area contributed by atoms with Crippen molar-refractivity contribution in [1.82, 2.24) is 4.57 Å². The molecular formula is C20H17FN2O4. The fourth-order valence-corrected chi connectivity index (χ4v) is 2.61. The Morgan fingerprint density at radius 1 is 1.11 bits per heavy atom. The van der Waals surface area contributed by atoms with Gasteiger partial charge in [0.15, 0.2) is 0 Å². The maximum atomic E-state index is 13.1. The molecule has 0 aliphatic carbocycles. The van der Waals surface area contributed by atoms with Crippen molar-refractivity contribution in [1.29, 1.82) is 0 Å². The fourth-order valence-electron chi connectivity index (χ4n) is 2.61. The molecule has 0 fully saturated rings. The number of hydrogen-bond donors (Lipinski definition) is 1. The van der Waals surface area contributed by atoms with Gasteiger partial charge in [0, 0.05) is 30.1 Å². The maximum absolute atomic E-state index is 13.1. The molecule has 3 aromatic rings. The van der Waals surface area contributed by atoms with Crippen LogP contribution in [0.2, 0.25) is 0 Å². The van der Waals surface area contributed by atoms with E-state index in [1.807, 2.05) is 0 Å².